The molecule has 1 aromatic heterocycles. The lowest BCUT2D eigenvalue weighted by atomic mass is 9.92. The molecule has 7 nitrogen and oxygen atoms in total. The van der Waals surface area contributed by atoms with Crippen molar-refractivity contribution in [2.24, 2.45) is 11.7 Å². The Labute approximate surface area is 158 Å². The molecule has 1 aromatic carbocycles. The van der Waals surface area contributed by atoms with Crippen LogP contribution in [0.15, 0.2) is 30.3 Å². The van der Waals surface area contributed by atoms with Gasteiger partial charge in [0, 0.05) is 17.8 Å². The van der Waals surface area contributed by atoms with Gasteiger partial charge < -0.3 is 20.6 Å². The molecular weight excluding hydrogens is 346 g/mol. The van der Waals surface area contributed by atoms with E-state index in [-0.39, 0.29) is 11.9 Å². The molecule has 0 amide bonds. The maximum atomic E-state index is 12.3. The second-order valence-electron chi connectivity index (χ2n) is 8.11. The minimum Gasteiger partial charge on any atom is -0.480 e. The van der Waals surface area contributed by atoms with Gasteiger partial charge in [-0.2, -0.15) is 0 Å². The van der Waals surface area contributed by atoms with Crippen molar-refractivity contribution in [3.63, 3.8) is 0 Å². The minimum absolute atomic E-state index is 0.268. The van der Waals surface area contributed by atoms with Gasteiger partial charge in [0.25, 0.3) is 0 Å². The molecule has 7 heteroatoms. The van der Waals surface area contributed by atoms with Crippen LogP contribution in [0.1, 0.15) is 45.3 Å². The van der Waals surface area contributed by atoms with Crippen molar-refractivity contribution in [3.8, 4) is 0 Å². The highest BCUT2D eigenvalue weighted by molar-refractivity contribution is 5.83. The van der Waals surface area contributed by atoms with Crippen molar-refractivity contribution in [2.75, 3.05) is 6.54 Å². The molecule has 146 valence electrons. The third-order valence-corrected chi connectivity index (χ3v) is 4.84. The zero-order valence-electron chi connectivity index (χ0n) is 15.9. The van der Waals surface area contributed by atoms with Gasteiger partial charge in [0.15, 0.2) is 0 Å². The number of nitrogens with two attached hydrogens (primary N) is 1. The van der Waals surface area contributed by atoms with Crippen molar-refractivity contribution in [1.82, 2.24) is 9.88 Å². The van der Waals surface area contributed by atoms with E-state index in [4.69, 9.17) is 10.5 Å². The Morgan fingerprint density at radius 2 is 2.04 bits per heavy atom. The number of aliphatic carboxylic acids is 1. The van der Waals surface area contributed by atoms with Crippen molar-refractivity contribution >= 4 is 22.8 Å². The van der Waals surface area contributed by atoms with Crippen LogP contribution >= 0.6 is 0 Å². The number of benzene rings is 1. The Bertz CT molecular complexity index is 806. The highest BCUT2D eigenvalue weighted by Crippen LogP contribution is 2.32. The lowest BCUT2D eigenvalue weighted by Gasteiger charge is -2.40. The highest BCUT2D eigenvalue weighted by Gasteiger charge is 2.39. The molecule has 1 aliphatic rings. The number of likely N-dealkylation sites (tertiary alicyclic amines) is 1. The van der Waals surface area contributed by atoms with Gasteiger partial charge in [0.1, 0.15) is 11.6 Å². The first-order valence-electron chi connectivity index (χ1n) is 9.20. The van der Waals surface area contributed by atoms with E-state index in [2.05, 4.69) is 4.98 Å². The molecule has 2 heterocycles. The van der Waals surface area contributed by atoms with E-state index in [0.717, 1.165) is 10.9 Å². The Kier molecular flexibility index (Phi) is 5.26. The monoisotopic (exact) mass is 373 g/mol. The van der Waals surface area contributed by atoms with E-state index in [9.17, 15) is 14.7 Å². The van der Waals surface area contributed by atoms with E-state index >= 15 is 0 Å². The molecule has 0 radical (unpaired) electrons. The number of carboxylic acids is 1. The van der Waals surface area contributed by atoms with Crippen molar-refractivity contribution < 1.29 is 19.4 Å². The lowest BCUT2D eigenvalue weighted by molar-refractivity contribution is -0.163. The molecule has 27 heavy (non-hydrogen) atoms. The lowest BCUT2D eigenvalue weighted by Crippen LogP contribution is -2.53. The fraction of sp³-hybridized carbons (Fsp3) is 0.500. The number of carbonyl (C=O) groups is 2. The number of fused-ring (bicyclic) bond motifs is 1. The standard InChI is InChI=1S/C20H27N3O4/c1-20(2,3)27-19(26)13-8-9-23(16(21)11-13)17(18(24)25)15-10-12-6-4-5-7-14(12)22-15/h4-7,10,13,16-17,22H,8-9,11,21H2,1-3H3,(H,24,25)/t13-,16-,17+/m1/s1. The van der Waals surface area contributed by atoms with Crippen molar-refractivity contribution in [2.45, 2.75) is 51.4 Å². The van der Waals surface area contributed by atoms with E-state index in [1.165, 1.54) is 0 Å². The van der Waals surface area contributed by atoms with Crippen LogP contribution in [0.2, 0.25) is 0 Å². The van der Waals surface area contributed by atoms with Gasteiger partial charge >= 0.3 is 11.9 Å². The summed E-state index contributed by atoms with van der Waals surface area (Å²) in [5.41, 5.74) is 7.21. The van der Waals surface area contributed by atoms with Crippen LogP contribution in [0.4, 0.5) is 0 Å². The molecule has 2 aromatic rings. The molecule has 0 aliphatic carbocycles. The summed E-state index contributed by atoms with van der Waals surface area (Å²) in [5, 5.41) is 10.8. The van der Waals surface area contributed by atoms with Gasteiger partial charge in [-0.25, -0.2) is 0 Å². The molecule has 1 fully saturated rings. The average molecular weight is 373 g/mol. The molecular formula is C20H27N3O4. The SMILES string of the molecule is CC(C)(C)OC(=O)[C@@H]1CCN([C@H](C(=O)O)c2cc3ccccc3[nH]2)[C@@H](N)C1. The number of H-pyrrole nitrogens is 1. The smallest absolute Gasteiger partial charge is 0.327 e. The minimum atomic E-state index is -0.965. The molecule has 3 rings (SSSR count). The third kappa shape index (κ3) is 4.31. The number of ether oxygens (including phenoxy) is 1. The number of carbonyl (C=O) groups excluding carboxylic acids is 1. The maximum absolute atomic E-state index is 12.3. The van der Waals surface area contributed by atoms with Gasteiger partial charge in [-0.3, -0.25) is 14.5 Å². The summed E-state index contributed by atoms with van der Waals surface area (Å²) < 4.78 is 5.46. The van der Waals surface area contributed by atoms with Gasteiger partial charge in [-0.1, -0.05) is 18.2 Å². The summed E-state index contributed by atoms with van der Waals surface area (Å²) in [7, 11) is 0. The van der Waals surface area contributed by atoms with Crippen molar-refractivity contribution in [1.29, 1.82) is 0 Å². The number of hydrogen-bond acceptors (Lipinski definition) is 5. The zero-order valence-corrected chi connectivity index (χ0v) is 15.9. The number of nitrogens with one attached hydrogen (secondary N) is 1. The van der Waals surface area contributed by atoms with Crippen LogP contribution < -0.4 is 5.73 Å². The van der Waals surface area contributed by atoms with Crippen LogP contribution in [0.3, 0.4) is 0 Å². The molecule has 0 saturated carbocycles. The van der Waals surface area contributed by atoms with Gasteiger partial charge in [0.2, 0.25) is 0 Å². The Hall–Kier alpha value is -2.38. The van der Waals surface area contributed by atoms with Gasteiger partial charge in [-0.15, -0.1) is 0 Å². The number of piperidine rings is 1. The van der Waals surface area contributed by atoms with Crippen LogP contribution in [0.25, 0.3) is 10.9 Å². The number of carboxylic acid groups (broad SMARTS) is 1. The molecule has 0 unspecified atom stereocenters. The fourth-order valence-electron chi connectivity index (χ4n) is 3.63. The van der Waals surface area contributed by atoms with E-state index < -0.39 is 23.8 Å². The van der Waals surface area contributed by atoms with Crippen LogP contribution in [-0.4, -0.2) is 45.2 Å². The average Bonchev–Trinajstić information content (AvgIpc) is 2.98. The molecule has 1 aliphatic heterocycles. The normalized spacial score (nSPS) is 22.5. The van der Waals surface area contributed by atoms with E-state index in [1.54, 1.807) is 4.90 Å². The Morgan fingerprint density at radius 3 is 2.63 bits per heavy atom. The zero-order chi connectivity index (χ0) is 19.8. The maximum Gasteiger partial charge on any atom is 0.327 e. The number of rotatable bonds is 4. The summed E-state index contributed by atoms with van der Waals surface area (Å²) in [4.78, 5) is 29.3. The van der Waals surface area contributed by atoms with Crippen LogP contribution in [-0.2, 0) is 14.3 Å². The summed E-state index contributed by atoms with van der Waals surface area (Å²) in [6.45, 7) is 5.90. The van der Waals surface area contributed by atoms with Gasteiger partial charge in [-0.05, 0) is 51.1 Å². The molecule has 0 bridgehead atoms. The largest absolute Gasteiger partial charge is 0.480 e. The van der Waals surface area contributed by atoms with Crippen LogP contribution in [0, 0.1) is 5.92 Å². The van der Waals surface area contributed by atoms with Crippen molar-refractivity contribution in [3.05, 3.63) is 36.0 Å². The second kappa shape index (κ2) is 7.32. The Morgan fingerprint density at radius 1 is 1.33 bits per heavy atom. The quantitative estimate of drug-likeness (QED) is 0.711. The molecule has 3 atom stereocenters. The predicted octanol–water partition coefficient (Wildman–Crippen LogP) is 2.63. The number of aromatic nitrogens is 1. The first-order valence-corrected chi connectivity index (χ1v) is 9.20. The summed E-state index contributed by atoms with van der Waals surface area (Å²) >= 11 is 0. The highest BCUT2D eigenvalue weighted by atomic mass is 16.6. The number of aromatic amines is 1. The molecule has 4 N–H and O–H groups in total. The molecule has 1 saturated heterocycles. The molecule has 0 spiro atoms. The van der Waals surface area contributed by atoms with E-state index in [0.29, 0.717) is 25.1 Å². The van der Waals surface area contributed by atoms with E-state index in [1.807, 2.05) is 51.1 Å². The number of para-hydroxylation sites is 1. The third-order valence-electron chi connectivity index (χ3n) is 4.84. The first kappa shape index (κ1) is 19.4. The Balaban J connectivity index is 1.78. The topological polar surface area (TPSA) is 109 Å². The second-order valence-corrected chi connectivity index (χ2v) is 8.11. The number of esters is 1. The summed E-state index contributed by atoms with van der Waals surface area (Å²) in [5.74, 6) is -1.55. The summed E-state index contributed by atoms with van der Waals surface area (Å²) in [6.07, 6.45) is 0.356. The van der Waals surface area contributed by atoms with Gasteiger partial charge in [0.05, 0.1) is 12.1 Å². The fourth-order valence-corrected chi connectivity index (χ4v) is 3.63. The number of hydrogen-bond donors (Lipinski definition) is 3. The predicted molar refractivity (Wildman–Crippen MR) is 102 cm³/mol. The number of nitrogens with zero attached hydrogens (tertiary/aromatic N) is 1. The summed E-state index contributed by atoms with van der Waals surface area (Å²) in [6, 6.07) is 8.62. The van der Waals surface area contributed by atoms with Crippen LogP contribution in [0.5, 0.6) is 0 Å². The first-order chi connectivity index (χ1) is 12.7.